The van der Waals surface area contributed by atoms with E-state index in [9.17, 15) is 10.1 Å². The zero-order valence-electron chi connectivity index (χ0n) is 28.9. The van der Waals surface area contributed by atoms with Crippen LogP contribution in [-0.2, 0) is 11.2 Å². The first-order valence-corrected chi connectivity index (χ1v) is 19.9. The highest BCUT2D eigenvalue weighted by molar-refractivity contribution is 7.17. The van der Waals surface area contributed by atoms with Gasteiger partial charge in [0.2, 0.25) is 5.91 Å². The van der Waals surface area contributed by atoms with Crippen molar-refractivity contribution in [3.63, 3.8) is 0 Å². The van der Waals surface area contributed by atoms with Crippen molar-refractivity contribution >= 4 is 72.5 Å². The van der Waals surface area contributed by atoms with Gasteiger partial charge in [-0.25, -0.2) is 9.37 Å². The monoisotopic (exact) mass is 764 g/mol. The number of halogens is 3. The van der Waals surface area contributed by atoms with Crippen LogP contribution in [0.25, 0.3) is 43.1 Å². The fraction of sp³-hybridized carbons (Fsp3) is 0.366. The number of aryl methyl sites for hydroxylation is 2. The van der Waals surface area contributed by atoms with Crippen molar-refractivity contribution < 1.29 is 13.9 Å². The molecule has 2 saturated carbocycles. The first-order valence-electron chi connectivity index (χ1n) is 18.3. The minimum atomic E-state index is -0.481. The van der Waals surface area contributed by atoms with Crippen LogP contribution in [-0.4, -0.2) is 50.6 Å². The molecule has 2 aromatic carbocycles. The molecule has 53 heavy (non-hydrogen) atoms. The lowest BCUT2D eigenvalue weighted by Gasteiger charge is -2.39. The molecule has 0 spiro atoms. The molecule has 1 N–H and O–H groups in total. The minimum Gasteiger partial charge on any atom is -0.487 e. The van der Waals surface area contributed by atoms with Crippen LogP contribution in [0, 0.1) is 35.9 Å². The molecule has 268 valence electrons. The summed E-state index contributed by atoms with van der Waals surface area (Å²) in [6.45, 7) is 3.33. The van der Waals surface area contributed by atoms with E-state index in [1.54, 1.807) is 35.7 Å². The molecule has 4 aromatic heterocycles. The summed E-state index contributed by atoms with van der Waals surface area (Å²) in [7, 11) is 0. The summed E-state index contributed by atoms with van der Waals surface area (Å²) in [6, 6.07) is 15.7. The smallest absolute Gasteiger partial charge is 0.226 e. The number of ether oxygens (including phenoxy) is 1. The number of hydrogen-bond acceptors (Lipinski definition) is 7. The number of nitrogens with one attached hydrogen (secondary N) is 1. The summed E-state index contributed by atoms with van der Waals surface area (Å²) in [5.74, 6) is 0.939. The molecule has 1 amide bonds. The molecule has 2 bridgehead atoms. The lowest BCUT2D eigenvalue weighted by Crippen LogP contribution is -2.41. The largest absolute Gasteiger partial charge is 0.487 e. The van der Waals surface area contributed by atoms with Gasteiger partial charge in [-0.05, 0) is 79.8 Å². The second-order valence-electron chi connectivity index (χ2n) is 15.0. The maximum absolute atomic E-state index is 17.2. The van der Waals surface area contributed by atoms with Crippen molar-refractivity contribution in [2.75, 3.05) is 13.1 Å². The van der Waals surface area contributed by atoms with Gasteiger partial charge >= 0.3 is 0 Å². The highest BCUT2D eigenvalue weighted by Gasteiger charge is 2.51. The first kappa shape index (κ1) is 33.3. The summed E-state index contributed by atoms with van der Waals surface area (Å²) in [5.41, 5.74) is 5.30. The molecule has 3 aliphatic heterocycles. The fourth-order valence-electron chi connectivity index (χ4n) is 9.19. The third kappa shape index (κ3) is 5.26. The van der Waals surface area contributed by atoms with E-state index in [-0.39, 0.29) is 53.0 Å². The number of benzene rings is 2. The molecule has 6 aromatic rings. The van der Waals surface area contributed by atoms with Crippen molar-refractivity contribution in [1.29, 1.82) is 5.26 Å². The topological polar surface area (TPSA) is 96.1 Å². The number of rotatable bonds is 8. The Balaban J connectivity index is 1.18. The molecule has 5 fully saturated rings. The molecule has 2 aliphatic carbocycles. The molecule has 3 saturated heterocycles. The van der Waals surface area contributed by atoms with Crippen LogP contribution in [0.3, 0.4) is 0 Å². The number of likely N-dealkylation sites (tertiary alicyclic amines) is 1. The number of hydrogen-bond donors (Lipinski definition) is 1. The third-order valence-electron chi connectivity index (χ3n) is 11.8. The number of nitrogens with zero attached hydrogens (tertiary/aromatic N) is 5. The molecule has 8 nitrogen and oxygen atoms in total. The normalized spacial score (nSPS) is 23.6. The quantitative estimate of drug-likeness (QED) is 0.166. The van der Waals surface area contributed by atoms with E-state index in [0.29, 0.717) is 58.1 Å². The van der Waals surface area contributed by atoms with E-state index in [1.807, 2.05) is 30.5 Å². The molecule has 7 heterocycles. The first-order chi connectivity index (χ1) is 25.8. The summed E-state index contributed by atoms with van der Waals surface area (Å²) in [4.78, 5) is 25.6. The van der Waals surface area contributed by atoms with E-state index < -0.39 is 5.82 Å². The number of carbonyl (C=O) groups excluding carboxylic acids is 1. The molecule has 12 heteroatoms. The maximum Gasteiger partial charge on any atom is 0.226 e. The Bertz CT molecular complexity index is 2530. The summed E-state index contributed by atoms with van der Waals surface area (Å²) < 4.78 is 27.4. The number of nitriles is 1. The molecular formula is C41H35Cl2FN6O2S. The maximum atomic E-state index is 17.2. The van der Waals surface area contributed by atoms with Crippen molar-refractivity contribution in [2.45, 2.75) is 69.7 Å². The Morgan fingerprint density at radius 1 is 1.17 bits per heavy atom. The number of thiophene rings is 1. The molecular weight excluding hydrogens is 730 g/mol. The van der Waals surface area contributed by atoms with Gasteiger partial charge in [0, 0.05) is 70.8 Å². The van der Waals surface area contributed by atoms with E-state index in [2.05, 4.69) is 31.9 Å². The van der Waals surface area contributed by atoms with Crippen LogP contribution in [0.4, 0.5) is 4.39 Å². The zero-order valence-corrected chi connectivity index (χ0v) is 31.2. The van der Waals surface area contributed by atoms with E-state index in [4.69, 9.17) is 32.9 Å². The van der Waals surface area contributed by atoms with Gasteiger partial charge in [0.15, 0.2) is 5.82 Å². The van der Waals surface area contributed by atoms with Gasteiger partial charge in [-0.1, -0.05) is 35.3 Å². The van der Waals surface area contributed by atoms with Gasteiger partial charge < -0.3 is 19.5 Å². The van der Waals surface area contributed by atoms with Gasteiger partial charge in [0.25, 0.3) is 0 Å². The Morgan fingerprint density at radius 2 is 2.04 bits per heavy atom. The predicted octanol–water partition coefficient (Wildman–Crippen LogP) is 9.34. The van der Waals surface area contributed by atoms with E-state index in [0.717, 1.165) is 58.4 Å². The Kier molecular flexibility index (Phi) is 7.96. The van der Waals surface area contributed by atoms with Gasteiger partial charge in [0.1, 0.15) is 17.4 Å². The zero-order chi connectivity index (χ0) is 36.1. The Hall–Kier alpha value is -4.27. The molecule has 5 aliphatic rings. The van der Waals surface area contributed by atoms with Crippen LogP contribution >= 0.6 is 34.5 Å². The molecule has 0 radical (unpaired) electrons. The number of carbonyl (C=O) groups is 1. The van der Waals surface area contributed by atoms with Gasteiger partial charge in [-0.3, -0.25) is 9.78 Å². The average molecular weight is 766 g/mol. The predicted molar refractivity (Wildman–Crippen MR) is 206 cm³/mol. The Morgan fingerprint density at radius 3 is 2.81 bits per heavy atom. The van der Waals surface area contributed by atoms with Crippen LogP contribution in [0.2, 0.25) is 10.0 Å². The number of fused-ring (bicyclic) bond motifs is 5. The van der Waals surface area contributed by atoms with Gasteiger partial charge in [-0.2, -0.15) is 5.26 Å². The third-order valence-corrected chi connectivity index (χ3v) is 13.6. The van der Waals surface area contributed by atoms with Crippen LogP contribution in [0.5, 0.6) is 5.75 Å². The van der Waals surface area contributed by atoms with Crippen molar-refractivity contribution in [3.05, 3.63) is 86.9 Å². The number of aromatic nitrogens is 3. The lowest BCUT2D eigenvalue weighted by molar-refractivity contribution is -0.133. The standard InChI is InChI=1S/C41H35Cl2FN6O2S/c1-20-26-17-32(31-16-24(19-49(31)41(51)21-7-8-21)52-33-9-12-46-29-10-13-53-40(29)33)50(38-23-15-30(38)47-18-23)39(26)27-14-22(4-3-11-45)34(36(44)37(27)48-20)25-5-2-6-28(42)35(25)43/h2,5-6,9-10,12-14,17,21,23-24,30-31,38,47H,3-4,7-8,15-16,18-19H2,1H3. The van der Waals surface area contributed by atoms with Crippen molar-refractivity contribution in [1.82, 2.24) is 24.8 Å². The fourth-order valence-corrected chi connectivity index (χ4v) is 10.4. The Labute approximate surface area is 319 Å². The van der Waals surface area contributed by atoms with E-state index >= 15 is 4.39 Å². The average Bonchev–Trinajstić information content (AvgIpc) is 3.63. The summed E-state index contributed by atoms with van der Waals surface area (Å²) >= 11 is 14.7. The van der Waals surface area contributed by atoms with Crippen LogP contribution in [0.1, 0.15) is 61.1 Å². The van der Waals surface area contributed by atoms with Crippen LogP contribution in [0.15, 0.2) is 54.0 Å². The highest BCUT2D eigenvalue weighted by atomic mass is 35.5. The molecule has 11 rings (SSSR count). The van der Waals surface area contributed by atoms with Gasteiger partial charge in [-0.15, -0.1) is 11.3 Å². The molecule has 5 atom stereocenters. The SMILES string of the molecule is Cc1nc2c(F)c(-c3cccc(Cl)c3Cl)c(CCC#N)cc2c2c1cc(C1CC(Oc3ccnc4ccsc34)CN1C(=O)C1CC1)n2C1C2CNC1C2. The van der Waals surface area contributed by atoms with Gasteiger partial charge in [0.05, 0.1) is 50.5 Å². The summed E-state index contributed by atoms with van der Waals surface area (Å²) in [6.07, 6.45) is 5.62. The van der Waals surface area contributed by atoms with Crippen molar-refractivity contribution in [3.8, 4) is 22.9 Å². The second kappa shape index (κ2) is 12.7. The van der Waals surface area contributed by atoms with Crippen LogP contribution < -0.4 is 10.1 Å². The lowest BCUT2D eigenvalue weighted by atomic mass is 9.79. The second-order valence-corrected chi connectivity index (χ2v) is 16.7. The summed E-state index contributed by atoms with van der Waals surface area (Å²) in [5, 5.41) is 17.6. The van der Waals surface area contributed by atoms with E-state index in [1.165, 1.54) is 0 Å². The minimum absolute atomic E-state index is 0.0401. The number of amides is 1. The molecule has 5 unspecified atom stereocenters. The van der Waals surface area contributed by atoms with Crippen molar-refractivity contribution in [2.24, 2.45) is 11.8 Å². The highest BCUT2D eigenvalue weighted by Crippen LogP contribution is 2.51. The number of pyridine rings is 2.